The lowest BCUT2D eigenvalue weighted by Crippen LogP contribution is -2.22. The molecule has 0 fully saturated rings. The predicted molar refractivity (Wildman–Crippen MR) is 77.5 cm³/mol. The third-order valence-corrected chi connectivity index (χ3v) is 3.03. The molecule has 1 aromatic carbocycles. The number of nitrogens with one attached hydrogen (secondary N) is 1. The first kappa shape index (κ1) is 15.6. The molecule has 0 unspecified atom stereocenters. The van der Waals surface area contributed by atoms with Gasteiger partial charge in [-0.2, -0.15) is 0 Å². The Morgan fingerprint density at radius 2 is 2.09 bits per heavy atom. The summed E-state index contributed by atoms with van der Waals surface area (Å²) in [5, 5.41) is 19.1. The highest BCUT2D eigenvalue weighted by atomic mass is 16.5. The molecule has 0 atom stereocenters. The van der Waals surface area contributed by atoms with Crippen molar-refractivity contribution in [2.45, 2.75) is 20.1 Å². The number of carboxylic acid groups (broad SMARTS) is 1. The number of amides is 1. The van der Waals surface area contributed by atoms with Crippen molar-refractivity contribution in [1.29, 1.82) is 0 Å². The van der Waals surface area contributed by atoms with Crippen LogP contribution in [0.3, 0.4) is 0 Å². The molecular weight excluding hydrogens is 288 g/mol. The molecule has 1 aromatic heterocycles. The second-order valence-corrected chi connectivity index (χ2v) is 4.64. The number of carbonyl (C=O) groups excluding carboxylic acids is 1. The molecule has 8 heteroatoms. The third-order valence-electron chi connectivity index (χ3n) is 3.03. The Balaban J connectivity index is 2.15. The second-order valence-electron chi connectivity index (χ2n) is 4.64. The van der Waals surface area contributed by atoms with Gasteiger partial charge < -0.3 is 15.2 Å². The molecule has 0 saturated heterocycles. The standard InChI is InChI=1S/C14H16N4O4/c1-9-5-3-4-6-10(9)15-12(19)7-18-11(8-22-2)13(14(20)21)16-17-18/h3-6H,7-8H2,1-2H3,(H,15,19)(H,20,21). The van der Waals surface area contributed by atoms with Crippen molar-refractivity contribution in [2.24, 2.45) is 0 Å². The van der Waals surface area contributed by atoms with Gasteiger partial charge in [0.1, 0.15) is 6.54 Å². The van der Waals surface area contributed by atoms with Crippen LogP contribution in [0.2, 0.25) is 0 Å². The van der Waals surface area contributed by atoms with Gasteiger partial charge in [0.15, 0.2) is 5.69 Å². The third kappa shape index (κ3) is 3.47. The molecule has 0 aliphatic carbocycles. The Bertz CT molecular complexity index is 696. The molecule has 2 N–H and O–H groups in total. The quantitative estimate of drug-likeness (QED) is 0.826. The predicted octanol–water partition coefficient (Wildman–Crippen LogP) is 1.07. The van der Waals surface area contributed by atoms with Crippen LogP contribution in [0.1, 0.15) is 21.7 Å². The van der Waals surface area contributed by atoms with Gasteiger partial charge in [0.05, 0.1) is 12.3 Å². The number of methoxy groups -OCH3 is 1. The van der Waals surface area contributed by atoms with Gasteiger partial charge in [-0.05, 0) is 18.6 Å². The van der Waals surface area contributed by atoms with Gasteiger partial charge in [0, 0.05) is 12.8 Å². The lowest BCUT2D eigenvalue weighted by Gasteiger charge is -2.09. The highest BCUT2D eigenvalue weighted by molar-refractivity contribution is 5.91. The number of aromatic nitrogens is 3. The number of aryl methyl sites for hydroxylation is 1. The van der Waals surface area contributed by atoms with E-state index in [1.165, 1.54) is 11.8 Å². The van der Waals surface area contributed by atoms with Crippen LogP contribution in [0.25, 0.3) is 0 Å². The molecule has 2 rings (SSSR count). The number of hydrogen-bond acceptors (Lipinski definition) is 5. The summed E-state index contributed by atoms with van der Waals surface area (Å²) in [4.78, 5) is 23.1. The highest BCUT2D eigenvalue weighted by Gasteiger charge is 2.20. The summed E-state index contributed by atoms with van der Waals surface area (Å²) in [6.07, 6.45) is 0. The Morgan fingerprint density at radius 3 is 2.73 bits per heavy atom. The number of carbonyl (C=O) groups is 2. The molecule has 8 nitrogen and oxygen atoms in total. The van der Waals surface area contributed by atoms with E-state index in [2.05, 4.69) is 15.6 Å². The van der Waals surface area contributed by atoms with E-state index in [1.54, 1.807) is 6.07 Å². The average Bonchev–Trinajstić information content (AvgIpc) is 2.85. The first-order valence-corrected chi connectivity index (χ1v) is 6.53. The molecule has 22 heavy (non-hydrogen) atoms. The summed E-state index contributed by atoms with van der Waals surface area (Å²) in [7, 11) is 1.43. The van der Waals surface area contributed by atoms with Gasteiger partial charge in [0.25, 0.3) is 0 Å². The Morgan fingerprint density at radius 1 is 1.36 bits per heavy atom. The van der Waals surface area contributed by atoms with E-state index in [-0.39, 0.29) is 30.4 Å². The summed E-state index contributed by atoms with van der Waals surface area (Å²) in [5.41, 5.74) is 1.65. The molecule has 0 aliphatic heterocycles. The number of carboxylic acids is 1. The van der Waals surface area contributed by atoms with Crippen LogP contribution in [-0.4, -0.2) is 39.1 Å². The van der Waals surface area contributed by atoms with Crippen LogP contribution in [0.5, 0.6) is 0 Å². The van der Waals surface area contributed by atoms with Crippen LogP contribution >= 0.6 is 0 Å². The number of benzene rings is 1. The summed E-state index contributed by atoms with van der Waals surface area (Å²) < 4.78 is 6.16. The molecule has 0 radical (unpaired) electrons. The first-order chi connectivity index (χ1) is 10.5. The molecule has 0 saturated carbocycles. The first-order valence-electron chi connectivity index (χ1n) is 6.53. The smallest absolute Gasteiger partial charge is 0.358 e. The highest BCUT2D eigenvalue weighted by Crippen LogP contribution is 2.13. The fraction of sp³-hybridized carbons (Fsp3) is 0.286. The van der Waals surface area contributed by atoms with E-state index in [4.69, 9.17) is 9.84 Å². The normalized spacial score (nSPS) is 10.5. The zero-order valence-corrected chi connectivity index (χ0v) is 12.2. The molecule has 0 spiro atoms. The largest absolute Gasteiger partial charge is 0.476 e. The zero-order chi connectivity index (χ0) is 16.1. The van der Waals surface area contributed by atoms with Crippen LogP contribution in [0.15, 0.2) is 24.3 Å². The van der Waals surface area contributed by atoms with Crippen LogP contribution in [0, 0.1) is 6.92 Å². The van der Waals surface area contributed by atoms with Crippen molar-refractivity contribution in [3.63, 3.8) is 0 Å². The number of hydrogen-bond donors (Lipinski definition) is 2. The molecule has 2 aromatic rings. The summed E-state index contributed by atoms with van der Waals surface area (Å²) in [6, 6.07) is 7.35. The fourth-order valence-corrected chi connectivity index (χ4v) is 1.94. The maximum Gasteiger partial charge on any atom is 0.358 e. The fourth-order valence-electron chi connectivity index (χ4n) is 1.94. The van der Waals surface area contributed by atoms with E-state index < -0.39 is 5.97 Å². The Labute approximate surface area is 126 Å². The number of rotatable bonds is 6. The van der Waals surface area contributed by atoms with E-state index in [1.807, 2.05) is 25.1 Å². The number of para-hydroxylation sites is 1. The zero-order valence-electron chi connectivity index (χ0n) is 12.2. The number of anilines is 1. The molecule has 116 valence electrons. The summed E-state index contributed by atoms with van der Waals surface area (Å²) in [6.45, 7) is 1.74. The van der Waals surface area contributed by atoms with Crippen LogP contribution in [-0.2, 0) is 22.7 Å². The van der Waals surface area contributed by atoms with Crippen molar-refractivity contribution < 1.29 is 19.4 Å². The SMILES string of the molecule is COCc1c(C(=O)O)nnn1CC(=O)Nc1ccccc1C. The summed E-state index contributed by atoms with van der Waals surface area (Å²) in [5.74, 6) is -1.54. The average molecular weight is 304 g/mol. The maximum atomic E-state index is 12.1. The van der Waals surface area contributed by atoms with E-state index in [0.29, 0.717) is 5.69 Å². The topological polar surface area (TPSA) is 106 Å². The lowest BCUT2D eigenvalue weighted by atomic mass is 10.2. The Kier molecular flexibility index (Phi) is 4.84. The van der Waals surface area contributed by atoms with E-state index >= 15 is 0 Å². The maximum absolute atomic E-state index is 12.1. The van der Waals surface area contributed by atoms with Gasteiger partial charge in [-0.3, -0.25) is 4.79 Å². The minimum Gasteiger partial charge on any atom is -0.476 e. The molecule has 1 heterocycles. The van der Waals surface area contributed by atoms with Gasteiger partial charge in [-0.15, -0.1) is 5.10 Å². The van der Waals surface area contributed by atoms with Crippen molar-refractivity contribution in [3.05, 3.63) is 41.2 Å². The molecule has 0 aliphatic rings. The lowest BCUT2D eigenvalue weighted by molar-refractivity contribution is -0.117. The van der Waals surface area contributed by atoms with Crippen molar-refractivity contribution in [1.82, 2.24) is 15.0 Å². The second kappa shape index (κ2) is 6.81. The Hall–Kier alpha value is -2.74. The monoisotopic (exact) mass is 304 g/mol. The summed E-state index contributed by atoms with van der Waals surface area (Å²) >= 11 is 0. The van der Waals surface area contributed by atoms with E-state index in [0.717, 1.165) is 5.56 Å². The van der Waals surface area contributed by atoms with Crippen LogP contribution < -0.4 is 5.32 Å². The van der Waals surface area contributed by atoms with Gasteiger partial charge in [-0.25, -0.2) is 9.48 Å². The number of aromatic carboxylic acids is 1. The number of nitrogens with zero attached hydrogens (tertiary/aromatic N) is 3. The van der Waals surface area contributed by atoms with Gasteiger partial charge >= 0.3 is 5.97 Å². The van der Waals surface area contributed by atoms with Crippen molar-refractivity contribution in [3.8, 4) is 0 Å². The van der Waals surface area contributed by atoms with E-state index in [9.17, 15) is 9.59 Å². The van der Waals surface area contributed by atoms with Gasteiger partial charge in [0.2, 0.25) is 5.91 Å². The molecule has 0 bridgehead atoms. The molecular formula is C14H16N4O4. The minimum absolute atomic E-state index is 0.00623. The van der Waals surface area contributed by atoms with Gasteiger partial charge in [-0.1, -0.05) is 23.4 Å². The minimum atomic E-state index is -1.21. The number of ether oxygens (including phenoxy) is 1. The van der Waals surface area contributed by atoms with Crippen molar-refractivity contribution in [2.75, 3.05) is 12.4 Å². The van der Waals surface area contributed by atoms with Crippen molar-refractivity contribution >= 4 is 17.6 Å². The van der Waals surface area contributed by atoms with Crippen LogP contribution in [0.4, 0.5) is 5.69 Å². The molecule has 1 amide bonds.